The van der Waals surface area contributed by atoms with Crippen LogP contribution in [0.3, 0.4) is 0 Å². The normalized spacial score (nSPS) is 17.9. The largest absolute Gasteiger partial charge is 0.334 e. The van der Waals surface area contributed by atoms with Gasteiger partial charge in [0.25, 0.3) is 0 Å². The molecule has 1 unspecified atom stereocenters. The second kappa shape index (κ2) is 6.37. The van der Waals surface area contributed by atoms with Crippen molar-refractivity contribution in [3.05, 3.63) is 62.7 Å². The lowest BCUT2D eigenvalue weighted by atomic mass is 10.1. The minimum absolute atomic E-state index is 0.390. The smallest absolute Gasteiger partial charge is 0.161 e. The molecule has 0 bridgehead atoms. The maximum Gasteiger partial charge on any atom is 0.161 e. The minimum atomic E-state index is 0.390. The summed E-state index contributed by atoms with van der Waals surface area (Å²) in [5.74, 6) is 0. The Morgan fingerprint density at radius 1 is 1.20 bits per heavy atom. The van der Waals surface area contributed by atoms with E-state index in [2.05, 4.69) is 57.2 Å². The van der Waals surface area contributed by atoms with Crippen molar-refractivity contribution < 1.29 is 0 Å². The van der Waals surface area contributed by atoms with Crippen LogP contribution in [0.5, 0.6) is 0 Å². The van der Waals surface area contributed by atoms with Gasteiger partial charge < -0.3 is 5.32 Å². The van der Waals surface area contributed by atoms with Crippen LogP contribution in [0.1, 0.15) is 10.8 Å². The van der Waals surface area contributed by atoms with Crippen LogP contribution < -0.4 is 5.32 Å². The number of rotatable bonds is 2. The molecule has 2 aromatic rings. The molecule has 1 atom stereocenters. The Labute approximate surface area is 141 Å². The number of nitrogens with one attached hydrogen (secondary N) is 1. The summed E-state index contributed by atoms with van der Waals surface area (Å²) >= 11 is 10.2. The van der Waals surface area contributed by atoms with Gasteiger partial charge in [0.2, 0.25) is 0 Å². The van der Waals surface area contributed by atoms with E-state index in [9.17, 15) is 0 Å². The molecule has 0 aromatic heterocycles. The van der Waals surface area contributed by atoms with Crippen LogP contribution in [0.4, 0.5) is 5.69 Å². The number of halogens is 2. The van der Waals surface area contributed by atoms with E-state index in [0.717, 1.165) is 26.0 Å². The third kappa shape index (κ3) is 3.30. The first kappa shape index (κ1) is 14.2. The molecular weight excluding hydrogens is 403 g/mol. The van der Waals surface area contributed by atoms with Crippen molar-refractivity contribution in [2.75, 3.05) is 11.9 Å². The minimum Gasteiger partial charge on any atom is -0.334 e. The fourth-order valence-corrected chi connectivity index (χ4v) is 3.92. The first-order chi connectivity index (χ1) is 9.72. The van der Waals surface area contributed by atoms with Gasteiger partial charge in [-0.2, -0.15) is 0 Å². The lowest BCUT2D eigenvalue weighted by Gasteiger charge is -2.10. The summed E-state index contributed by atoms with van der Waals surface area (Å²) in [7, 11) is 0. The van der Waals surface area contributed by atoms with Crippen molar-refractivity contribution >= 4 is 56.8 Å². The SMILES string of the molecule is Clc1cc(I)ccc1NC1=NCC(c2ccccc2)S1. The van der Waals surface area contributed by atoms with E-state index in [1.807, 2.05) is 24.3 Å². The molecule has 0 fully saturated rings. The van der Waals surface area contributed by atoms with Crippen molar-refractivity contribution in [2.24, 2.45) is 4.99 Å². The maximum atomic E-state index is 6.23. The Balaban J connectivity index is 1.69. The number of benzene rings is 2. The first-order valence-corrected chi connectivity index (χ1v) is 8.54. The third-order valence-corrected chi connectivity index (χ3v) is 5.14. The van der Waals surface area contributed by atoms with Gasteiger partial charge in [-0.25, -0.2) is 0 Å². The Morgan fingerprint density at radius 3 is 2.75 bits per heavy atom. The van der Waals surface area contributed by atoms with Crippen molar-refractivity contribution in [1.29, 1.82) is 0 Å². The van der Waals surface area contributed by atoms with E-state index in [4.69, 9.17) is 11.6 Å². The molecule has 3 rings (SSSR count). The summed E-state index contributed by atoms with van der Waals surface area (Å²) < 4.78 is 1.13. The monoisotopic (exact) mass is 414 g/mol. The van der Waals surface area contributed by atoms with Gasteiger partial charge in [0.15, 0.2) is 5.17 Å². The van der Waals surface area contributed by atoms with Crippen LogP contribution in [0, 0.1) is 3.57 Å². The third-order valence-electron chi connectivity index (χ3n) is 3.00. The van der Waals surface area contributed by atoms with E-state index < -0.39 is 0 Å². The molecule has 0 radical (unpaired) electrons. The average molecular weight is 415 g/mol. The summed E-state index contributed by atoms with van der Waals surface area (Å²) in [6.45, 7) is 0.805. The highest BCUT2D eigenvalue weighted by molar-refractivity contribution is 14.1. The number of thioether (sulfide) groups is 1. The summed E-state index contributed by atoms with van der Waals surface area (Å²) in [6.07, 6.45) is 0. The maximum absolute atomic E-state index is 6.23. The molecule has 1 heterocycles. The van der Waals surface area contributed by atoms with Crippen LogP contribution in [0.25, 0.3) is 0 Å². The Kier molecular flexibility index (Phi) is 4.53. The summed E-state index contributed by atoms with van der Waals surface area (Å²) in [5.41, 5.74) is 2.22. The topological polar surface area (TPSA) is 24.4 Å². The highest BCUT2D eigenvalue weighted by Gasteiger charge is 2.21. The van der Waals surface area contributed by atoms with Gasteiger partial charge in [-0.05, 0) is 46.4 Å². The van der Waals surface area contributed by atoms with E-state index in [1.165, 1.54) is 5.56 Å². The molecule has 0 spiro atoms. The van der Waals surface area contributed by atoms with Crippen molar-refractivity contribution in [2.45, 2.75) is 5.25 Å². The van der Waals surface area contributed by atoms with E-state index in [-0.39, 0.29) is 0 Å². The quantitative estimate of drug-likeness (QED) is 0.683. The molecule has 1 aliphatic rings. The number of amidine groups is 1. The fraction of sp³-hybridized carbons (Fsp3) is 0.133. The van der Waals surface area contributed by atoms with Crippen LogP contribution >= 0.6 is 46.0 Å². The molecule has 2 nitrogen and oxygen atoms in total. The number of aliphatic imine (C=N–C) groups is 1. The number of hydrogen-bond donors (Lipinski definition) is 1. The number of nitrogens with zero attached hydrogens (tertiary/aromatic N) is 1. The van der Waals surface area contributed by atoms with E-state index in [1.54, 1.807) is 11.8 Å². The second-order valence-corrected chi connectivity index (χ2v) is 7.26. The van der Waals surface area contributed by atoms with Crippen LogP contribution in [0.15, 0.2) is 53.5 Å². The predicted octanol–water partition coefficient (Wildman–Crippen LogP) is 5.20. The van der Waals surface area contributed by atoms with Gasteiger partial charge in [-0.15, -0.1) is 0 Å². The molecule has 1 N–H and O–H groups in total. The molecule has 20 heavy (non-hydrogen) atoms. The average Bonchev–Trinajstić information content (AvgIpc) is 2.92. The van der Waals surface area contributed by atoms with Gasteiger partial charge in [0.1, 0.15) is 0 Å². The summed E-state index contributed by atoms with van der Waals surface area (Å²) in [4.78, 5) is 4.56. The molecule has 1 aliphatic heterocycles. The lowest BCUT2D eigenvalue weighted by molar-refractivity contribution is 0.966. The van der Waals surface area contributed by atoms with E-state index in [0.29, 0.717) is 5.25 Å². The van der Waals surface area contributed by atoms with Gasteiger partial charge in [0.05, 0.1) is 22.5 Å². The zero-order valence-electron chi connectivity index (χ0n) is 10.5. The Bertz CT molecular complexity index is 646. The number of hydrogen-bond acceptors (Lipinski definition) is 3. The van der Waals surface area contributed by atoms with Gasteiger partial charge in [-0.3, -0.25) is 4.99 Å². The lowest BCUT2D eigenvalue weighted by Crippen LogP contribution is -2.05. The molecular formula is C15H12ClIN2S. The highest BCUT2D eigenvalue weighted by Crippen LogP contribution is 2.36. The van der Waals surface area contributed by atoms with Crippen molar-refractivity contribution in [1.82, 2.24) is 0 Å². The molecule has 102 valence electrons. The zero-order chi connectivity index (χ0) is 13.9. The fourth-order valence-electron chi connectivity index (χ4n) is 1.99. The van der Waals surface area contributed by atoms with Gasteiger partial charge >= 0.3 is 0 Å². The first-order valence-electron chi connectivity index (χ1n) is 6.20. The van der Waals surface area contributed by atoms with Crippen LogP contribution in [-0.4, -0.2) is 11.7 Å². The van der Waals surface area contributed by atoms with Crippen LogP contribution in [0.2, 0.25) is 5.02 Å². The van der Waals surface area contributed by atoms with Crippen molar-refractivity contribution in [3.63, 3.8) is 0 Å². The van der Waals surface area contributed by atoms with Crippen molar-refractivity contribution in [3.8, 4) is 0 Å². The molecule has 0 saturated heterocycles. The van der Waals surface area contributed by atoms with Gasteiger partial charge in [0, 0.05) is 3.57 Å². The second-order valence-electron chi connectivity index (χ2n) is 4.41. The standard InChI is InChI=1S/C15H12ClIN2S/c16-12-8-11(17)6-7-13(12)19-15-18-9-14(20-15)10-4-2-1-3-5-10/h1-8,14H,9H2,(H,18,19). The molecule has 2 aromatic carbocycles. The molecule has 0 amide bonds. The molecule has 5 heteroatoms. The zero-order valence-corrected chi connectivity index (χ0v) is 14.2. The Morgan fingerprint density at radius 2 is 2.00 bits per heavy atom. The Hall–Kier alpha value is -0.720. The predicted molar refractivity (Wildman–Crippen MR) is 96.9 cm³/mol. The van der Waals surface area contributed by atoms with Crippen LogP contribution in [-0.2, 0) is 0 Å². The molecule has 0 aliphatic carbocycles. The van der Waals surface area contributed by atoms with Gasteiger partial charge in [-0.1, -0.05) is 53.7 Å². The summed E-state index contributed by atoms with van der Waals surface area (Å²) in [5, 5.41) is 5.36. The molecule has 0 saturated carbocycles. The number of anilines is 1. The van der Waals surface area contributed by atoms with E-state index >= 15 is 0 Å². The summed E-state index contributed by atoms with van der Waals surface area (Å²) in [6, 6.07) is 16.4. The highest BCUT2D eigenvalue weighted by atomic mass is 127.